The molecule has 3 heterocycles. The van der Waals surface area contributed by atoms with Gasteiger partial charge in [-0.3, -0.25) is 4.79 Å². The van der Waals surface area contributed by atoms with Gasteiger partial charge in [-0.2, -0.15) is 5.10 Å². The molecular weight excluding hydrogens is 424 g/mol. The first-order chi connectivity index (χ1) is 15.8. The average molecular weight is 450 g/mol. The first kappa shape index (κ1) is 22.4. The third kappa shape index (κ3) is 5.34. The molecule has 33 heavy (non-hydrogen) atoms. The van der Waals surface area contributed by atoms with Gasteiger partial charge in [-0.25, -0.2) is 9.80 Å². The summed E-state index contributed by atoms with van der Waals surface area (Å²) in [5, 5.41) is 5.67. The van der Waals surface area contributed by atoms with Crippen molar-refractivity contribution in [3.05, 3.63) is 78.1 Å². The van der Waals surface area contributed by atoms with E-state index in [2.05, 4.69) is 25.9 Å². The monoisotopic (exact) mass is 450 g/mol. The summed E-state index contributed by atoms with van der Waals surface area (Å²) in [6, 6.07) is 14.1. The zero-order valence-electron chi connectivity index (χ0n) is 18.8. The number of carbonyl (C=O) groups is 2. The number of benzene rings is 1. The van der Waals surface area contributed by atoms with Crippen molar-refractivity contribution < 1.29 is 27.9 Å². The highest BCUT2D eigenvalue weighted by atomic mass is 16.6. The summed E-state index contributed by atoms with van der Waals surface area (Å²) in [7, 11) is 0. The first-order valence-corrected chi connectivity index (χ1v) is 10.7. The minimum absolute atomic E-state index is 0.0280. The second-order valence-electron chi connectivity index (χ2n) is 8.72. The molecule has 3 aromatic rings. The van der Waals surface area contributed by atoms with E-state index in [4.69, 9.17) is 18.3 Å². The van der Waals surface area contributed by atoms with Crippen LogP contribution >= 0.6 is 0 Å². The summed E-state index contributed by atoms with van der Waals surface area (Å²) in [5.74, 6) is 0.594. The minimum Gasteiger partial charge on any atom is -0.482 e. The predicted molar refractivity (Wildman–Crippen MR) is 120 cm³/mol. The topological polar surface area (TPSA) is 94.5 Å². The lowest BCUT2D eigenvalue weighted by molar-refractivity contribution is -0.154. The Bertz CT molecular complexity index is 1110. The van der Waals surface area contributed by atoms with E-state index in [0.717, 1.165) is 5.56 Å². The Kier molecular flexibility index (Phi) is 6.35. The molecular formula is C25H26N2O6. The standard InChI is InChI=1S/C25H26N2O6/c1-25(2,3)17-8-10-18(11-9-17)32-16-24(29)33-15-23(28)27-20(22-7-5-13-31-22)14-19(26-27)21-6-4-12-30-21/h4-13,20H,14-16H2,1-3H3. The van der Waals surface area contributed by atoms with Crippen LogP contribution < -0.4 is 4.74 Å². The fourth-order valence-electron chi connectivity index (χ4n) is 3.48. The third-order valence-electron chi connectivity index (χ3n) is 5.28. The Morgan fingerprint density at radius 3 is 2.39 bits per heavy atom. The van der Waals surface area contributed by atoms with Gasteiger partial charge in [-0.15, -0.1) is 0 Å². The van der Waals surface area contributed by atoms with Crippen LogP contribution in [0.2, 0.25) is 0 Å². The number of hydrazone groups is 1. The lowest BCUT2D eigenvalue weighted by Gasteiger charge is -2.20. The van der Waals surface area contributed by atoms with Crippen LogP contribution in [0.5, 0.6) is 5.75 Å². The summed E-state index contributed by atoms with van der Waals surface area (Å²) < 4.78 is 21.5. The number of ether oxygens (including phenoxy) is 2. The molecule has 4 rings (SSSR count). The SMILES string of the molecule is CC(C)(C)c1ccc(OCC(=O)OCC(=O)N2N=C(c3ccco3)CC2c2ccco2)cc1. The highest BCUT2D eigenvalue weighted by Gasteiger charge is 2.36. The lowest BCUT2D eigenvalue weighted by atomic mass is 9.87. The van der Waals surface area contributed by atoms with Crippen molar-refractivity contribution >= 4 is 17.6 Å². The van der Waals surface area contributed by atoms with Gasteiger partial charge in [0.05, 0.1) is 12.5 Å². The van der Waals surface area contributed by atoms with Crippen LogP contribution in [0.15, 0.2) is 75.0 Å². The van der Waals surface area contributed by atoms with E-state index in [1.807, 2.05) is 24.3 Å². The maximum Gasteiger partial charge on any atom is 0.344 e. The van der Waals surface area contributed by atoms with Crippen LogP contribution in [-0.4, -0.2) is 35.8 Å². The van der Waals surface area contributed by atoms with E-state index in [0.29, 0.717) is 29.4 Å². The summed E-state index contributed by atoms with van der Waals surface area (Å²) in [6.45, 7) is 5.60. The smallest absolute Gasteiger partial charge is 0.344 e. The van der Waals surface area contributed by atoms with Crippen molar-refractivity contribution in [3.63, 3.8) is 0 Å². The fourth-order valence-corrected chi connectivity index (χ4v) is 3.48. The Labute approximate surface area is 191 Å². The molecule has 2 aromatic heterocycles. The summed E-state index contributed by atoms with van der Waals surface area (Å²) in [5.41, 5.74) is 1.80. The molecule has 1 unspecified atom stereocenters. The van der Waals surface area contributed by atoms with Crippen molar-refractivity contribution in [2.24, 2.45) is 5.10 Å². The molecule has 1 aliphatic heterocycles. The number of carbonyl (C=O) groups excluding carboxylic acids is 2. The van der Waals surface area contributed by atoms with Gasteiger partial charge in [0, 0.05) is 6.42 Å². The molecule has 0 saturated heterocycles. The van der Waals surface area contributed by atoms with Crippen LogP contribution in [0.4, 0.5) is 0 Å². The normalized spacial score (nSPS) is 15.9. The summed E-state index contributed by atoms with van der Waals surface area (Å²) >= 11 is 0. The zero-order valence-corrected chi connectivity index (χ0v) is 18.8. The lowest BCUT2D eigenvalue weighted by Crippen LogP contribution is -2.32. The van der Waals surface area contributed by atoms with Gasteiger partial charge in [0.25, 0.3) is 5.91 Å². The summed E-state index contributed by atoms with van der Waals surface area (Å²) in [6.07, 6.45) is 3.51. The molecule has 0 N–H and O–H groups in total. The van der Waals surface area contributed by atoms with E-state index in [1.54, 1.807) is 30.5 Å². The van der Waals surface area contributed by atoms with Crippen LogP contribution in [0.25, 0.3) is 0 Å². The molecule has 8 heteroatoms. The van der Waals surface area contributed by atoms with Crippen molar-refractivity contribution in [2.75, 3.05) is 13.2 Å². The Morgan fingerprint density at radius 2 is 1.76 bits per heavy atom. The van der Waals surface area contributed by atoms with Gasteiger partial charge in [0.15, 0.2) is 13.2 Å². The molecule has 1 aromatic carbocycles. The number of hydrogen-bond acceptors (Lipinski definition) is 7. The van der Waals surface area contributed by atoms with Gasteiger partial charge in [0.2, 0.25) is 0 Å². The number of amides is 1. The molecule has 0 radical (unpaired) electrons. The summed E-state index contributed by atoms with van der Waals surface area (Å²) in [4.78, 5) is 24.9. The third-order valence-corrected chi connectivity index (χ3v) is 5.28. The van der Waals surface area contributed by atoms with Gasteiger partial charge < -0.3 is 18.3 Å². The molecule has 172 valence electrons. The van der Waals surface area contributed by atoms with E-state index >= 15 is 0 Å². The highest BCUT2D eigenvalue weighted by Crippen LogP contribution is 2.33. The molecule has 1 aliphatic rings. The molecule has 8 nitrogen and oxygen atoms in total. The highest BCUT2D eigenvalue weighted by molar-refractivity contribution is 6.01. The number of rotatable bonds is 7. The van der Waals surface area contributed by atoms with Gasteiger partial charge in [-0.1, -0.05) is 32.9 Å². The van der Waals surface area contributed by atoms with Crippen molar-refractivity contribution in [1.29, 1.82) is 0 Å². The Hall–Kier alpha value is -3.81. The van der Waals surface area contributed by atoms with Crippen LogP contribution in [-0.2, 0) is 19.7 Å². The number of esters is 1. The molecule has 1 atom stereocenters. The number of nitrogens with zero attached hydrogens (tertiary/aromatic N) is 2. The minimum atomic E-state index is -0.646. The second-order valence-corrected chi connectivity index (χ2v) is 8.72. The molecule has 0 aliphatic carbocycles. The number of furan rings is 2. The van der Waals surface area contributed by atoms with Crippen molar-refractivity contribution in [2.45, 2.75) is 38.6 Å². The predicted octanol–water partition coefficient (Wildman–Crippen LogP) is 4.47. The first-order valence-electron chi connectivity index (χ1n) is 10.7. The molecule has 0 fully saturated rings. The van der Waals surface area contributed by atoms with Crippen LogP contribution in [0, 0.1) is 0 Å². The van der Waals surface area contributed by atoms with E-state index in [1.165, 1.54) is 11.3 Å². The van der Waals surface area contributed by atoms with Gasteiger partial charge >= 0.3 is 5.97 Å². The largest absolute Gasteiger partial charge is 0.482 e. The Morgan fingerprint density at radius 1 is 1.03 bits per heavy atom. The van der Waals surface area contributed by atoms with Crippen LogP contribution in [0.3, 0.4) is 0 Å². The fraction of sp³-hybridized carbons (Fsp3) is 0.320. The maximum absolute atomic E-state index is 12.8. The number of hydrogen-bond donors (Lipinski definition) is 0. The quantitative estimate of drug-likeness (QED) is 0.493. The molecule has 1 amide bonds. The van der Waals surface area contributed by atoms with Gasteiger partial charge in [0.1, 0.15) is 29.0 Å². The van der Waals surface area contributed by atoms with Gasteiger partial charge in [-0.05, 0) is 47.4 Å². The molecule has 0 saturated carbocycles. The second kappa shape index (κ2) is 9.36. The average Bonchev–Trinajstić information content (AvgIpc) is 3.55. The molecule has 0 spiro atoms. The molecule has 0 bridgehead atoms. The van der Waals surface area contributed by atoms with Crippen LogP contribution in [0.1, 0.15) is 50.3 Å². The van der Waals surface area contributed by atoms with Crippen molar-refractivity contribution in [3.8, 4) is 5.75 Å². The maximum atomic E-state index is 12.8. The van der Waals surface area contributed by atoms with E-state index in [9.17, 15) is 9.59 Å². The zero-order chi connectivity index (χ0) is 23.4. The van der Waals surface area contributed by atoms with E-state index in [-0.39, 0.29) is 12.0 Å². The van der Waals surface area contributed by atoms with E-state index < -0.39 is 24.5 Å². The van der Waals surface area contributed by atoms with Crippen molar-refractivity contribution in [1.82, 2.24) is 5.01 Å². The Balaban J connectivity index is 1.33.